The number of ketones is 1. The van der Waals surface area contributed by atoms with Crippen molar-refractivity contribution in [2.75, 3.05) is 0 Å². The van der Waals surface area contributed by atoms with Gasteiger partial charge in [0.25, 0.3) is 0 Å². The number of benzene rings is 1. The molecule has 0 bridgehead atoms. The minimum atomic E-state index is -0.622. The lowest BCUT2D eigenvalue weighted by molar-refractivity contribution is -0.119. The fourth-order valence-electron chi connectivity index (χ4n) is 1.46. The Morgan fingerprint density at radius 1 is 1.40 bits per heavy atom. The van der Waals surface area contributed by atoms with E-state index in [0.717, 1.165) is 5.56 Å². The van der Waals surface area contributed by atoms with Gasteiger partial charge in [-0.15, -0.1) is 0 Å². The second kappa shape index (κ2) is 5.29. The van der Waals surface area contributed by atoms with Crippen LogP contribution in [0.25, 0.3) is 0 Å². The highest BCUT2D eigenvalue weighted by molar-refractivity contribution is 6.30. The zero-order chi connectivity index (χ0) is 11.4. The molecule has 0 aliphatic carbocycles. The molecule has 1 N–H and O–H groups in total. The lowest BCUT2D eigenvalue weighted by atomic mass is 9.93. The van der Waals surface area contributed by atoms with Crippen LogP contribution in [0.1, 0.15) is 31.7 Å². The molecule has 3 heteroatoms. The predicted octanol–water partition coefficient (Wildman–Crippen LogP) is 2.78. The summed E-state index contributed by atoms with van der Waals surface area (Å²) in [6.45, 7) is 3.38. The van der Waals surface area contributed by atoms with Gasteiger partial charge in [0.1, 0.15) is 5.78 Å². The third kappa shape index (κ3) is 3.65. The molecule has 1 rings (SSSR count). The first kappa shape index (κ1) is 12.2. The van der Waals surface area contributed by atoms with Gasteiger partial charge < -0.3 is 5.11 Å². The fourth-order valence-corrected chi connectivity index (χ4v) is 1.59. The van der Waals surface area contributed by atoms with Crippen LogP contribution < -0.4 is 0 Å². The number of rotatable bonds is 4. The molecule has 0 amide bonds. The highest BCUT2D eigenvalue weighted by Crippen LogP contribution is 2.22. The van der Waals surface area contributed by atoms with Crippen LogP contribution in [0.4, 0.5) is 0 Å². The maximum atomic E-state index is 10.9. The largest absolute Gasteiger partial charge is 0.392 e. The highest BCUT2D eigenvalue weighted by atomic mass is 35.5. The summed E-state index contributed by atoms with van der Waals surface area (Å²) in [4.78, 5) is 10.9. The van der Waals surface area contributed by atoms with Gasteiger partial charge in [0.15, 0.2) is 0 Å². The second-order valence-electron chi connectivity index (χ2n) is 3.81. The minimum Gasteiger partial charge on any atom is -0.392 e. The first-order valence-electron chi connectivity index (χ1n) is 4.93. The molecule has 1 aromatic rings. The van der Waals surface area contributed by atoms with E-state index in [9.17, 15) is 9.90 Å². The van der Waals surface area contributed by atoms with Crippen molar-refractivity contribution < 1.29 is 9.90 Å². The molecule has 0 aliphatic heterocycles. The van der Waals surface area contributed by atoms with Crippen molar-refractivity contribution in [1.82, 2.24) is 0 Å². The number of hydrogen-bond donors (Lipinski definition) is 1. The monoisotopic (exact) mass is 226 g/mol. The molecule has 1 aromatic carbocycles. The molecule has 2 nitrogen and oxygen atoms in total. The lowest BCUT2D eigenvalue weighted by Gasteiger charge is -2.18. The van der Waals surface area contributed by atoms with Crippen LogP contribution in [0.15, 0.2) is 24.3 Å². The van der Waals surface area contributed by atoms with E-state index < -0.39 is 6.10 Å². The van der Waals surface area contributed by atoms with Gasteiger partial charge in [0, 0.05) is 17.4 Å². The molecule has 0 saturated carbocycles. The van der Waals surface area contributed by atoms with Gasteiger partial charge in [-0.05, 0) is 24.6 Å². The molecule has 0 spiro atoms. The predicted molar refractivity (Wildman–Crippen MR) is 61.2 cm³/mol. The maximum Gasteiger partial charge on any atom is 0.132 e. The van der Waals surface area contributed by atoms with Gasteiger partial charge in [-0.1, -0.05) is 30.7 Å². The van der Waals surface area contributed by atoms with Crippen LogP contribution in [0, 0.1) is 0 Å². The zero-order valence-electron chi connectivity index (χ0n) is 8.90. The fraction of sp³-hybridized carbons (Fsp3) is 0.417. The van der Waals surface area contributed by atoms with Crippen LogP contribution in [-0.4, -0.2) is 17.0 Å². The minimum absolute atomic E-state index is 0.00307. The van der Waals surface area contributed by atoms with Gasteiger partial charge >= 0.3 is 0 Å². The third-order valence-corrected chi connectivity index (χ3v) is 2.72. The summed E-state index contributed by atoms with van der Waals surface area (Å²) in [6, 6.07) is 7.31. The Labute approximate surface area is 94.9 Å². The van der Waals surface area contributed by atoms with E-state index in [1.54, 1.807) is 12.1 Å². The topological polar surface area (TPSA) is 37.3 Å². The summed E-state index contributed by atoms with van der Waals surface area (Å²) in [5.74, 6) is -0.0468. The van der Waals surface area contributed by atoms with Crippen molar-refractivity contribution >= 4 is 17.4 Å². The Morgan fingerprint density at radius 3 is 2.40 bits per heavy atom. The smallest absolute Gasteiger partial charge is 0.132 e. The van der Waals surface area contributed by atoms with Crippen molar-refractivity contribution in [3.8, 4) is 0 Å². The van der Waals surface area contributed by atoms with E-state index in [-0.39, 0.29) is 18.1 Å². The Kier molecular flexibility index (Phi) is 4.30. The summed E-state index contributed by atoms with van der Waals surface area (Å²) in [7, 11) is 0. The average molecular weight is 227 g/mol. The molecule has 0 aromatic heterocycles. The Morgan fingerprint density at radius 2 is 1.93 bits per heavy atom. The third-order valence-electron chi connectivity index (χ3n) is 2.47. The Bertz CT molecular complexity index is 332. The van der Waals surface area contributed by atoms with Crippen molar-refractivity contribution in [3.63, 3.8) is 0 Å². The van der Waals surface area contributed by atoms with Gasteiger partial charge in [-0.25, -0.2) is 0 Å². The van der Waals surface area contributed by atoms with Crippen LogP contribution in [-0.2, 0) is 4.79 Å². The maximum absolute atomic E-state index is 10.9. The molecule has 0 aliphatic rings. The highest BCUT2D eigenvalue weighted by Gasteiger charge is 2.17. The summed E-state index contributed by atoms with van der Waals surface area (Å²) in [5.41, 5.74) is 0.994. The van der Waals surface area contributed by atoms with E-state index in [1.807, 2.05) is 19.1 Å². The molecule has 0 radical (unpaired) electrons. The quantitative estimate of drug-likeness (QED) is 0.857. The number of aliphatic hydroxyl groups excluding tert-OH is 1. The van der Waals surface area contributed by atoms with E-state index in [0.29, 0.717) is 5.02 Å². The summed E-state index contributed by atoms with van der Waals surface area (Å²) in [6.07, 6.45) is -0.423. The van der Waals surface area contributed by atoms with E-state index in [1.165, 1.54) is 6.92 Å². The first-order chi connectivity index (χ1) is 7.00. The van der Waals surface area contributed by atoms with E-state index in [4.69, 9.17) is 11.6 Å². The normalized spacial score (nSPS) is 14.7. The average Bonchev–Trinajstić information content (AvgIpc) is 2.17. The molecule has 82 valence electrons. The Hall–Kier alpha value is -0.860. The molecule has 1 unspecified atom stereocenters. The Balaban J connectivity index is 2.71. The van der Waals surface area contributed by atoms with Crippen molar-refractivity contribution in [2.24, 2.45) is 0 Å². The number of hydrogen-bond acceptors (Lipinski definition) is 2. The zero-order valence-corrected chi connectivity index (χ0v) is 9.66. The standard InChI is InChI=1S/C12H15ClO2/c1-8(14)7-12(15)9(2)10-3-5-11(13)6-4-10/h3-6,9,12,15H,7H2,1-2H3/t9?,12-/m1/s1. The van der Waals surface area contributed by atoms with Gasteiger partial charge in [0.05, 0.1) is 6.10 Å². The molecule has 0 fully saturated rings. The number of carbonyl (C=O) groups excluding carboxylic acids is 1. The number of Topliss-reactive ketones (excluding diaryl/α,β-unsaturated/α-hetero) is 1. The van der Waals surface area contributed by atoms with Gasteiger partial charge in [0.2, 0.25) is 0 Å². The molecular weight excluding hydrogens is 212 g/mol. The number of carbonyl (C=O) groups is 1. The van der Waals surface area contributed by atoms with Gasteiger partial charge in [-0.3, -0.25) is 4.79 Å². The number of halogens is 1. The molecule has 2 atom stereocenters. The van der Waals surface area contributed by atoms with Gasteiger partial charge in [-0.2, -0.15) is 0 Å². The van der Waals surface area contributed by atoms with Crippen LogP contribution >= 0.6 is 11.6 Å². The van der Waals surface area contributed by atoms with E-state index in [2.05, 4.69) is 0 Å². The molecule has 0 heterocycles. The summed E-state index contributed by atoms with van der Waals surface area (Å²) < 4.78 is 0. The molecule has 0 saturated heterocycles. The summed E-state index contributed by atoms with van der Waals surface area (Å²) >= 11 is 5.76. The van der Waals surface area contributed by atoms with Crippen LogP contribution in [0.2, 0.25) is 5.02 Å². The van der Waals surface area contributed by atoms with Crippen molar-refractivity contribution in [3.05, 3.63) is 34.9 Å². The van der Waals surface area contributed by atoms with Crippen LogP contribution in [0.3, 0.4) is 0 Å². The number of aliphatic hydroxyl groups is 1. The second-order valence-corrected chi connectivity index (χ2v) is 4.25. The van der Waals surface area contributed by atoms with Crippen LogP contribution in [0.5, 0.6) is 0 Å². The van der Waals surface area contributed by atoms with Crippen molar-refractivity contribution in [2.45, 2.75) is 32.3 Å². The molecular formula is C12H15ClO2. The molecule has 15 heavy (non-hydrogen) atoms. The van der Waals surface area contributed by atoms with E-state index >= 15 is 0 Å². The lowest BCUT2D eigenvalue weighted by Crippen LogP contribution is -2.18. The summed E-state index contributed by atoms with van der Waals surface area (Å²) in [5, 5.41) is 10.4. The first-order valence-corrected chi connectivity index (χ1v) is 5.31. The van der Waals surface area contributed by atoms with Crippen molar-refractivity contribution in [1.29, 1.82) is 0 Å². The SMILES string of the molecule is CC(=O)C[C@@H](O)C(C)c1ccc(Cl)cc1.